The molecule has 0 unspecified atom stereocenters. The van der Waals surface area contributed by atoms with Gasteiger partial charge in [-0.15, -0.1) is 0 Å². The highest BCUT2D eigenvalue weighted by Gasteiger charge is 2.28. The lowest BCUT2D eigenvalue weighted by Crippen LogP contribution is -2.42. The van der Waals surface area contributed by atoms with E-state index < -0.39 is 26.3 Å². The van der Waals surface area contributed by atoms with E-state index >= 15 is 0 Å². The summed E-state index contributed by atoms with van der Waals surface area (Å²) in [6.45, 7) is 14.0. The van der Waals surface area contributed by atoms with E-state index in [1.165, 1.54) is 0 Å². The third-order valence-electron chi connectivity index (χ3n) is 2.99. The van der Waals surface area contributed by atoms with Gasteiger partial charge in [-0.05, 0) is 48.5 Å². The maximum atomic E-state index is 12.1. The molecule has 0 aliphatic carbocycles. The molecule has 148 valence electrons. The number of ether oxygens (including phenoxy) is 1. The first-order valence-electron chi connectivity index (χ1n) is 8.50. The van der Waals surface area contributed by atoms with Crippen molar-refractivity contribution in [1.82, 2.24) is 16.0 Å². The number of aliphatic imine (C=N–C) groups is 1. The molecule has 8 nitrogen and oxygen atoms in total. The fraction of sp³-hybridized carbons (Fsp3) is 0.875. The molecule has 0 aromatic carbocycles. The maximum absolute atomic E-state index is 12.1. The standard InChI is InChI=1S/C16H34N4O4S/c1-8-17-13(19-11-12-25(22,23)16(5,6)7)18-9-10-20-14(21)24-15(2,3)4/h8-12H2,1-7H3,(H,20,21)(H2,17,18,19). The lowest BCUT2D eigenvalue weighted by Gasteiger charge is -2.20. The normalized spacial score (nSPS) is 13.3. The highest BCUT2D eigenvalue weighted by Crippen LogP contribution is 2.15. The van der Waals surface area contributed by atoms with E-state index in [1.807, 2.05) is 6.92 Å². The molecule has 0 radical (unpaired) electrons. The number of rotatable bonds is 7. The Bertz CT molecular complexity index is 545. The molecule has 0 aromatic rings. The average Bonchev–Trinajstić information content (AvgIpc) is 2.40. The Morgan fingerprint density at radius 2 is 1.56 bits per heavy atom. The van der Waals surface area contributed by atoms with E-state index in [2.05, 4.69) is 20.9 Å². The van der Waals surface area contributed by atoms with Crippen LogP contribution in [0.2, 0.25) is 0 Å². The number of nitrogens with one attached hydrogen (secondary N) is 3. The Balaban J connectivity index is 4.36. The monoisotopic (exact) mass is 378 g/mol. The van der Waals surface area contributed by atoms with Crippen molar-refractivity contribution in [2.24, 2.45) is 4.99 Å². The zero-order chi connectivity index (χ0) is 19.7. The zero-order valence-electron chi connectivity index (χ0n) is 16.5. The molecule has 3 N–H and O–H groups in total. The van der Waals surface area contributed by atoms with Gasteiger partial charge in [0.25, 0.3) is 0 Å². The van der Waals surface area contributed by atoms with Gasteiger partial charge in [0.15, 0.2) is 15.8 Å². The Labute approximate surface area is 152 Å². The van der Waals surface area contributed by atoms with Crippen molar-refractivity contribution >= 4 is 21.9 Å². The first-order chi connectivity index (χ1) is 11.3. The Morgan fingerprint density at radius 3 is 2.04 bits per heavy atom. The highest BCUT2D eigenvalue weighted by atomic mass is 32.2. The Hall–Kier alpha value is -1.51. The van der Waals surface area contributed by atoms with Gasteiger partial charge in [0, 0.05) is 19.6 Å². The molecule has 0 aliphatic heterocycles. The smallest absolute Gasteiger partial charge is 0.407 e. The van der Waals surface area contributed by atoms with Gasteiger partial charge >= 0.3 is 6.09 Å². The molecule has 0 saturated heterocycles. The van der Waals surface area contributed by atoms with Crippen molar-refractivity contribution in [3.63, 3.8) is 0 Å². The minimum Gasteiger partial charge on any atom is -0.444 e. The van der Waals surface area contributed by atoms with Crippen LogP contribution in [0.25, 0.3) is 0 Å². The van der Waals surface area contributed by atoms with Crippen LogP contribution in [0.1, 0.15) is 48.5 Å². The van der Waals surface area contributed by atoms with Crippen LogP contribution in [-0.2, 0) is 14.6 Å². The molecule has 0 heterocycles. The van der Waals surface area contributed by atoms with Crippen LogP contribution in [0.15, 0.2) is 4.99 Å². The molecule has 0 aromatic heterocycles. The largest absolute Gasteiger partial charge is 0.444 e. The van der Waals surface area contributed by atoms with Gasteiger partial charge in [0.1, 0.15) is 5.60 Å². The van der Waals surface area contributed by atoms with E-state index in [-0.39, 0.29) is 12.3 Å². The number of hydrogen-bond donors (Lipinski definition) is 3. The summed E-state index contributed by atoms with van der Waals surface area (Å²) in [5, 5.41) is 8.71. The molecular weight excluding hydrogens is 344 g/mol. The minimum absolute atomic E-state index is 0.0107. The molecule has 0 aliphatic rings. The van der Waals surface area contributed by atoms with Crippen LogP contribution in [0.3, 0.4) is 0 Å². The molecule has 0 spiro atoms. The van der Waals surface area contributed by atoms with Gasteiger partial charge in [-0.1, -0.05) is 0 Å². The highest BCUT2D eigenvalue weighted by molar-refractivity contribution is 7.92. The van der Waals surface area contributed by atoms with E-state index in [1.54, 1.807) is 41.5 Å². The summed E-state index contributed by atoms with van der Waals surface area (Å²) in [5.74, 6) is 0.501. The van der Waals surface area contributed by atoms with Crippen LogP contribution in [-0.4, -0.2) is 62.8 Å². The molecule has 25 heavy (non-hydrogen) atoms. The van der Waals surface area contributed by atoms with Crippen molar-refractivity contribution in [2.45, 2.75) is 58.8 Å². The lowest BCUT2D eigenvalue weighted by molar-refractivity contribution is 0.0529. The van der Waals surface area contributed by atoms with Crippen molar-refractivity contribution in [2.75, 3.05) is 31.9 Å². The van der Waals surface area contributed by atoms with Gasteiger partial charge in [-0.3, -0.25) is 4.99 Å². The van der Waals surface area contributed by atoms with Crippen molar-refractivity contribution in [3.05, 3.63) is 0 Å². The number of carbonyl (C=O) groups excluding carboxylic acids is 1. The summed E-state index contributed by atoms with van der Waals surface area (Å²) in [6.07, 6.45) is -0.479. The van der Waals surface area contributed by atoms with Crippen LogP contribution >= 0.6 is 0 Å². The number of hydrogen-bond acceptors (Lipinski definition) is 5. The molecule has 0 saturated carbocycles. The molecule has 0 atom stereocenters. The Kier molecular flexibility index (Phi) is 9.24. The summed E-state index contributed by atoms with van der Waals surface area (Å²) in [4.78, 5) is 15.8. The molecule has 0 fully saturated rings. The fourth-order valence-corrected chi connectivity index (χ4v) is 2.53. The van der Waals surface area contributed by atoms with Crippen LogP contribution in [0.4, 0.5) is 4.79 Å². The predicted octanol–water partition coefficient (Wildman–Crippen LogP) is 1.28. The molecule has 0 bridgehead atoms. The van der Waals surface area contributed by atoms with E-state index in [0.717, 1.165) is 0 Å². The fourth-order valence-electron chi connectivity index (χ4n) is 1.59. The maximum Gasteiger partial charge on any atom is 0.407 e. The van der Waals surface area contributed by atoms with Gasteiger partial charge in [0.2, 0.25) is 0 Å². The number of amides is 1. The number of sulfone groups is 1. The molecule has 9 heteroatoms. The lowest BCUT2D eigenvalue weighted by atomic mass is 10.2. The first kappa shape index (κ1) is 23.5. The van der Waals surface area contributed by atoms with E-state index in [4.69, 9.17) is 4.74 Å². The molecule has 0 rings (SSSR count). The average molecular weight is 379 g/mol. The predicted molar refractivity (Wildman–Crippen MR) is 102 cm³/mol. The van der Waals surface area contributed by atoms with Crippen molar-refractivity contribution < 1.29 is 17.9 Å². The van der Waals surface area contributed by atoms with Crippen molar-refractivity contribution in [3.8, 4) is 0 Å². The van der Waals surface area contributed by atoms with Crippen LogP contribution < -0.4 is 16.0 Å². The third kappa shape index (κ3) is 10.9. The minimum atomic E-state index is -3.20. The van der Waals surface area contributed by atoms with Crippen molar-refractivity contribution in [1.29, 1.82) is 0 Å². The van der Waals surface area contributed by atoms with E-state index in [9.17, 15) is 13.2 Å². The van der Waals surface area contributed by atoms with Crippen LogP contribution in [0.5, 0.6) is 0 Å². The van der Waals surface area contributed by atoms with Gasteiger partial charge in [-0.25, -0.2) is 13.2 Å². The summed E-state index contributed by atoms with van der Waals surface area (Å²) >= 11 is 0. The quantitative estimate of drug-likeness (QED) is 0.350. The topological polar surface area (TPSA) is 109 Å². The zero-order valence-corrected chi connectivity index (χ0v) is 17.3. The van der Waals surface area contributed by atoms with Gasteiger partial charge in [0.05, 0.1) is 17.0 Å². The summed E-state index contributed by atoms with van der Waals surface area (Å²) in [6, 6.07) is 0. The SMILES string of the molecule is CCNC(=NCCS(=O)(=O)C(C)(C)C)NCCNC(=O)OC(C)(C)C. The summed E-state index contributed by atoms with van der Waals surface area (Å²) < 4.78 is 28.5. The van der Waals surface area contributed by atoms with Crippen LogP contribution in [0, 0.1) is 0 Å². The number of guanidine groups is 1. The second kappa shape index (κ2) is 9.84. The first-order valence-corrected chi connectivity index (χ1v) is 10.1. The van der Waals surface area contributed by atoms with Gasteiger partial charge in [-0.2, -0.15) is 0 Å². The molecular formula is C16H34N4O4S. The third-order valence-corrected chi connectivity index (χ3v) is 5.58. The van der Waals surface area contributed by atoms with Gasteiger partial charge < -0.3 is 20.7 Å². The second-order valence-electron chi connectivity index (χ2n) is 7.55. The summed E-state index contributed by atoms with van der Waals surface area (Å²) in [7, 11) is -3.20. The number of nitrogens with zero attached hydrogens (tertiary/aromatic N) is 1. The van der Waals surface area contributed by atoms with E-state index in [0.29, 0.717) is 25.6 Å². The summed E-state index contributed by atoms with van der Waals surface area (Å²) in [5.41, 5.74) is -0.535. The number of alkyl carbamates (subject to hydrolysis) is 1. The number of carbonyl (C=O) groups is 1. The Morgan fingerprint density at radius 1 is 1.00 bits per heavy atom. The second-order valence-corrected chi connectivity index (χ2v) is 10.4. The molecule has 1 amide bonds.